The minimum atomic E-state index is -0.234. The zero-order valence-electron chi connectivity index (χ0n) is 17.5. The molecule has 3 amide bonds. The largest absolute Gasteiger partial charge is 0.394 e. The van der Waals surface area contributed by atoms with Gasteiger partial charge in [-0.3, -0.25) is 9.78 Å². The highest BCUT2D eigenvalue weighted by atomic mass is 16.3. The summed E-state index contributed by atoms with van der Waals surface area (Å²) in [6.07, 6.45) is 7.91. The minimum Gasteiger partial charge on any atom is -0.394 e. The highest BCUT2D eigenvalue weighted by Gasteiger charge is 2.54. The van der Waals surface area contributed by atoms with Gasteiger partial charge < -0.3 is 20.2 Å². The van der Waals surface area contributed by atoms with E-state index in [2.05, 4.69) is 34.6 Å². The summed E-state index contributed by atoms with van der Waals surface area (Å²) in [5, 5.41) is 13.1. The molecule has 3 atom stereocenters. The van der Waals surface area contributed by atoms with Gasteiger partial charge in [0.1, 0.15) is 6.54 Å². The molecule has 7 nitrogen and oxygen atoms in total. The number of hydrogen-bond acceptors (Lipinski definition) is 4. The molecule has 0 bridgehead atoms. The molecular weight excluding hydrogens is 392 g/mol. The van der Waals surface area contributed by atoms with Crippen LogP contribution in [0.15, 0.2) is 48.8 Å². The van der Waals surface area contributed by atoms with Gasteiger partial charge in [0.05, 0.1) is 18.7 Å². The van der Waals surface area contributed by atoms with Crippen LogP contribution in [0, 0.1) is 0 Å². The quantitative estimate of drug-likeness (QED) is 0.795. The summed E-state index contributed by atoms with van der Waals surface area (Å²) in [4.78, 5) is 33.1. The molecule has 1 aromatic carbocycles. The maximum atomic E-state index is 12.8. The Bertz CT molecular complexity index is 943. The summed E-state index contributed by atoms with van der Waals surface area (Å²) in [5.41, 5.74) is 3.20. The number of carbonyl (C=O) groups is 2. The van der Waals surface area contributed by atoms with Crippen LogP contribution >= 0.6 is 0 Å². The monoisotopic (exact) mass is 420 g/mol. The first-order chi connectivity index (χ1) is 15.2. The number of hydrogen-bond donors (Lipinski definition) is 2. The molecule has 2 aliphatic heterocycles. The standard InChI is InChI=1S/C24H28N4O3/c29-15-21-23(17-9-7-16(8-10-17)18-4-3-11-25-12-18)20-13-27(14-22(30)28(20)21)24(31)26-19-5-1-2-6-19/h3-4,7-12,19-21,23,29H,1-2,5-6,13-15H2,(H,26,31)/t20-,21+,23-/m1/s1. The number of benzene rings is 1. The first kappa shape index (κ1) is 20.0. The fraction of sp³-hybridized carbons (Fsp3) is 0.458. The third-order valence-corrected chi connectivity index (χ3v) is 7.01. The number of aliphatic hydroxyl groups excluding tert-OH is 1. The molecule has 7 heteroatoms. The highest BCUT2D eigenvalue weighted by Crippen LogP contribution is 2.43. The van der Waals surface area contributed by atoms with Crippen molar-refractivity contribution in [3.05, 3.63) is 54.4 Å². The predicted molar refractivity (Wildman–Crippen MR) is 116 cm³/mol. The number of rotatable bonds is 4. The van der Waals surface area contributed by atoms with E-state index >= 15 is 0 Å². The number of fused-ring (bicyclic) bond motifs is 1. The van der Waals surface area contributed by atoms with Crippen molar-refractivity contribution in [1.82, 2.24) is 20.1 Å². The molecule has 0 spiro atoms. The Kier molecular flexibility index (Phi) is 5.36. The fourth-order valence-corrected chi connectivity index (χ4v) is 5.42. The molecule has 1 saturated carbocycles. The molecule has 1 aliphatic carbocycles. The Morgan fingerprint density at radius 3 is 2.58 bits per heavy atom. The van der Waals surface area contributed by atoms with Crippen molar-refractivity contribution in [3.63, 3.8) is 0 Å². The zero-order chi connectivity index (χ0) is 21.4. The maximum absolute atomic E-state index is 12.8. The van der Waals surface area contributed by atoms with E-state index in [-0.39, 0.29) is 49.1 Å². The molecule has 2 N–H and O–H groups in total. The van der Waals surface area contributed by atoms with E-state index in [4.69, 9.17) is 0 Å². The Balaban J connectivity index is 1.33. The van der Waals surface area contributed by atoms with Gasteiger partial charge in [0.2, 0.25) is 5.91 Å². The van der Waals surface area contributed by atoms with Crippen LogP contribution in [0.4, 0.5) is 4.79 Å². The van der Waals surface area contributed by atoms with Crippen LogP contribution in [0.25, 0.3) is 11.1 Å². The van der Waals surface area contributed by atoms with E-state index in [1.54, 1.807) is 16.0 Å². The summed E-state index contributed by atoms with van der Waals surface area (Å²) >= 11 is 0. The molecule has 0 unspecified atom stereocenters. The van der Waals surface area contributed by atoms with Gasteiger partial charge in [-0.1, -0.05) is 43.2 Å². The van der Waals surface area contributed by atoms with Crippen LogP contribution < -0.4 is 5.32 Å². The number of piperazine rings is 1. The van der Waals surface area contributed by atoms with Crippen LogP contribution in [0.2, 0.25) is 0 Å². The lowest BCUT2D eigenvalue weighted by atomic mass is 9.73. The van der Waals surface area contributed by atoms with E-state index in [1.165, 1.54) is 0 Å². The second kappa shape index (κ2) is 8.30. The van der Waals surface area contributed by atoms with Gasteiger partial charge in [0, 0.05) is 30.9 Å². The lowest BCUT2D eigenvalue weighted by Gasteiger charge is -2.58. The Morgan fingerprint density at radius 2 is 1.90 bits per heavy atom. The molecule has 162 valence electrons. The number of urea groups is 1. The maximum Gasteiger partial charge on any atom is 0.318 e. The zero-order valence-corrected chi connectivity index (χ0v) is 17.5. The van der Waals surface area contributed by atoms with E-state index < -0.39 is 0 Å². The van der Waals surface area contributed by atoms with Crippen LogP contribution in [0.5, 0.6) is 0 Å². The van der Waals surface area contributed by atoms with Gasteiger partial charge in [-0.25, -0.2) is 4.79 Å². The Morgan fingerprint density at radius 1 is 1.13 bits per heavy atom. The van der Waals surface area contributed by atoms with Crippen molar-refractivity contribution in [2.45, 2.75) is 49.7 Å². The van der Waals surface area contributed by atoms with Crippen LogP contribution in [0.3, 0.4) is 0 Å². The molecule has 31 heavy (non-hydrogen) atoms. The van der Waals surface area contributed by atoms with E-state index in [0.29, 0.717) is 6.54 Å². The molecule has 3 heterocycles. The second-order valence-electron chi connectivity index (χ2n) is 8.82. The molecule has 2 aromatic rings. The minimum absolute atomic E-state index is 0.0129. The van der Waals surface area contributed by atoms with Gasteiger partial charge in [0.15, 0.2) is 0 Å². The number of nitrogens with zero attached hydrogens (tertiary/aromatic N) is 3. The second-order valence-corrected chi connectivity index (χ2v) is 8.82. The number of carbonyl (C=O) groups excluding carboxylic acids is 2. The fourth-order valence-electron chi connectivity index (χ4n) is 5.42. The van der Waals surface area contributed by atoms with Gasteiger partial charge in [-0.15, -0.1) is 0 Å². The van der Waals surface area contributed by atoms with Gasteiger partial charge >= 0.3 is 6.03 Å². The van der Waals surface area contributed by atoms with Gasteiger partial charge in [-0.05, 0) is 35.6 Å². The summed E-state index contributed by atoms with van der Waals surface area (Å²) in [6, 6.07) is 11.9. The first-order valence-corrected chi connectivity index (χ1v) is 11.1. The highest BCUT2D eigenvalue weighted by molar-refractivity contribution is 5.87. The number of amides is 3. The molecule has 0 radical (unpaired) electrons. The van der Waals surface area contributed by atoms with Crippen molar-refractivity contribution in [2.75, 3.05) is 19.7 Å². The number of aromatic nitrogens is 1. The number of pyridine rings is 1. The molecular formula is C24H28N4O3. The lowest BCUT2D eigenvalue weighted by molar-refractivity contribution is -0.159. The predicted octanol–water partition coefficient (Wildman–Crippen LogP) is 2.37. The smallest absolute Gasteiger partial charge is 0.318 e. The van der Waals surface area contributed by atoms with Crippen LogP contribution in [0.1, 0.15) is 37.2 Å². The summed E-state index contributed by atoms with van der Waals surface area (Å²) in [5.74, 6) is -0.0703. The van der Waals surface area contributed by atoms with E-state index in [1.807, 2.05) is 18.3 Å². The summed E-state index contributed by atoms with van der Waals surface area (Å²) in [7, 11) is 0. The molecule has 5 rings (SSSR count). The van der Waals surface area contributed by atoms with Crippen molar-refractivity contribution < 1.29 is 14.7 Å². The number of aliphatic hydroxyl groups is 1. The van der Waals surface area contributed by atoms with E-state index in [0.717, 1.165) is 42.4 Å². The van der Waals surface area contributed by atoms with Gasteiger partial charge in [-0.2, -0.15) is 0 Å². The van der Waals surface area contributed by atoms with Crippen molar-refractivity contribution in [1.29, 1.82) is 0 Å². The Hall–Kier alpha value is -2.93. The molecule has 2 saturated heterocycles. The molecule has 1 aromatic heterocycles. The van der Waals surface area contributed by atoms with Crippen molar-refractivity contribution in [3.8, 4) is 11.1 Å². The summed E-state index contributed by atoms with van der Waals surface area (Å²) in [6.45, 7) is 0.500. The first-order valence-electron chi connectivity index (χ1n) is 11.1. The van der Waals surface area contributed by atoms with Gasteiger partial charge in [0.25, 0.3) is 0 Å². The van der Waals surface area contributed by atoms with E-state index in [9.17, 15) is 14.7 Å². The number of nitrogens with one attached hydrogen (secondary N) is 1. The van der Waals surface area contributed by atoms with Crippen molar-refractivity contribution >= 4 is 11.9 Å². The third kappa shape index (κ3) is 3.67. The summed E-state index contributed by atoms with van der Waals surface area (Å²) < 4.78 is 0. The Labute approximate surface area is 182 Å². The van der Waals surface area contributed by atoms with Crippen LogP contribution in [-0.4, -0.2) is 69.7 Å². The molecule has 3 aliphatic rings. The van der Waals surface area contributed by atoms with Crippen molar-refractivity contribution in [2.24, 2.45) is 0 Å². The SMILES string of the molecule is O=C(NC1CCCC1)N1CC(=O)N2[C@H](C1)[C@@H](c1ccc(-c3cccnc3)cc1)[C@@H]2CO. The average Bonchev–Trinajstić information content (AvgIpc) is 3.29. The topological polar surface area (TPSA) is 85.8 Å². The van der Waals surface area contributed by atoms with Crippen LogP contribution in [-0.2, 0) is 4.79 Å². The lowest BCUT2D eigenvalue weighted by Crippen LogP contribution is -2.74. The average molecular weight is 421 g/mol. The molecule has 3 fully saturated rings. The normalized spacial score (nSPS) is 25.8. The third-order valence-electron chi connectivity index (χ3n) is 7.01.